The Morgan fingerprint density at radius 3 is 2.88 bits per heavy atom. The molecule has 0 aliphatic carbocycles. The smallest absolute Gasteiger partial charge is 0.275 e. The van der Waals surface area contributed by atoms with Crippen molar-refractivity contribution in [3.63, 3.8) is 0 Å². The first-order valence-electron chi connectivity index (χ1n) is 8.35. The summed E-state index contributed by atoms with van der Waals surface area (Å²) >= 11 is 0. The van der Waals surface area contributed by atoms with Gasteiger partial charge in [0.2, 0.25) is 6.79 Å². The summed E-state index contributed by atoms with van der Waals surface area (Å²) in [6.45, 7) is 0.223. The Balaban J connectivity index is 1.48. The minimum absolute atomic E-state index is 0.197. The first-order valence-corrected chi connectivity index (χ1v) is 8.35. The van der Waals surface area contributed by atoms with E-state index in [2.05, 4.69) is 10.3 Å². The predicted molar refractivity (Wildman–Crippen MR) is 97.4 cm³/mol. The number of hydrogen-bond acceptors (Lipinski definition) is 5. The Morgan fingerprint density at radius 2 is 2.00 bits per heavy atom. The number of hydrogen-bond donors (Lipinski definition) is 1. The SMILES string of the molecule is COc1ccccc1CCC1=N/C(=C/c2ccc3c(c2)OCO3)C(=O)N1. The van der Waals surface area contributed by atoms with E-state index in [0.29, 0.717) is 29.5 Å². The number of benzene rings is 2. The van der Waals surface area contributed by atoms with Gasteiger partial charge in [0.25, 0.3) is 5.91 Å². The van der Waals surface area contributed by atoms with Crippen molar-refractivity contribution in [3.05, 3.63) is 59.3 Å². The quantitative estimate of drug-likeness (QED) is 0.842. The average Bonchev–Trinajstić information content (AvgIpc) is 3.26. The zero-order valence-electron chi connectivity index (χ0n) is 14.3. The number of amidine groups is 1. The predicted octanol–water partition coefficient (Wildman–Crippen LogP) is 2.93. The molecule has 0 saturated carbocycles. The van der Waals surface area contributed by atoms with Gasteiger partial charge in [-0.15, -0.1) is 0 Å². The van der Waals surface area contributed by atoms with Crippen molar-refractivity contribution in [2.45, 2.75) is 12.8 Å². The molecule has 2 aromatic rings. The van der Waals surface area contributed by atoms with E-state index in [1.54, 1.807) is 13.2 Å². The second-order valence-corrected chi connectivity index (χ2v) is 5.97. The lowest BCUT2D eigenvalue weighted by molar-refractivity contribution is -0.115. The highest BCUT2D eigenvalue weighted by Gasteiger charge is 2.20. The van der Waals surface area contributed by atoms with Crippen LogP contribution in [-0.4, -0.2) is 25.6 Å². The highest BCUT2D eigenvalue weighted by molar-refractivity contribution is 6.14. The maximum Gasteiger partial charge on any atom is 0.275 e. The standard InChI is InChI=1S/C20H18N2O4/c1-24-16-5-3-2-4-14(16)7-9-19-21-15(20(23)22-19)10-13-6-8-17-18(11-13)26-12-25-17/h2-6,8,10-11H,7,9,12H2,1H3,(H,21,22,23)/b15-10+. The molecule has 1 amide bonds. The lowest BCUT2D eigenvalue weighted by atomic mass is 10.1. The number of methoxy groups -OCH3 is 1. The maximum atomic E-state index is 12.2. The summed E-state index contributed by atoms with van der Waals surface area (Å²) in [4.78, 5) is 16.6. The third kappa shape index (κ3) is 3.26. The van der Waals surface area contributed by atoms with Gasteiger partial charge in [-0.2, -0.15) is 0 Å². The molecule has 132 valence electrons. The molecule has 6 nitrogen and oxygen atoms in total. The van der Waals surface area contributed by atoms with Crippen molar-refractivity contribution in [1.82, 2.24) is 5.32 Å². The molecule has 0 atom stereocenters. The number of carbonyl (C=O) groups excluding carboxylic acids is 1. The number of carbonyl (C=O) groups is 1. The summed E-state index contributed by atoms with van der Waals surface area (Å²) in [5, 5.41) is 2.83. The van der Waals surface area contributed by atoms with E-state index >= 15 is 0 Å². The first-order chi connectivity index (χ1) is 12.7. The molecule has 0 spiro atoms. The number of nitrogens with one attached hydrogen (secondary N) is 1. The van der Waals surface area contributed by atoms with E-state index in [9.17, 15) is 4.79 Å². The van der Waals surface area contributed by atoms with Crippen LogP contribution < -0.4 is 19.5 Å². The van der Waals surface area contributed by atoms with Crippen LogP contribution in [0, 0.1) is 0 Å². The molecule has 2 aliphatic heterocycles. The molecule has 6 heteroatoms. The summed E-state index contributed by atoms with van der Waals surface area (Å²) in [7, 11) is 1.65. The molecule has 2 heterocycles. The topological polar surface area (TPSA) is 69.1 Å². The monoisotopic (exact) mass is 350 g/mol. The summed E-state index contributed by atoms with van der Waals surface area (Å²) in [5.41, 5.74) is 2.31. The molecule has 1 N–H and O–H groups in total. The molecule has 0 bridgehead atoms. The van der Waals surface area contributed by atoms with Gasteiger partial charge < -0.3 is 19.5 Å². The van der Waals surface area contributed by atoms with Crippen molar-refractivity contribution in [2.75, 3.05) is 13.9 Å². The third-order valence-electron chi connectivity index (χ3n) is 4.27. The van der Waals surface area contributed by atoms with Gasteiger partial charge in [-0.05, 0) is 41.8 Å². The number of aryl methyl sites for hydroxylation is 1. The minimum atomic E-state index is -0.197. The fourth-order valence-corrected chi connectivity index (χ4v) is 2.96. The number of rotatable bonds is 5. The van der Waals surface area contributed by atoms with E-state index in [-0.39, 0.29) is 12.7 Å². The molecule has 2 aliphatic rings. The largest absolute Gasteiger partial charge is 0.496 e. The van der Waals surface area contributed by atoms with E-state index < -0.39 is 0 Å². The van der Waals surface area contributed by atoms with E-state index in [1.807, 2.05) is 42.5 Å². The van der Waals surface area contributed by atoms with E-state index in [1.165, 1.54) is 0 Å². The average molecular weight is 350 g/mol. The maximum absolute atomic E-state index is 12.2. The Bertz CT molecular complexity index is 918. The second-order valence-electron chi connectivity index (χ2n) is 5.97. The molecule has 0 radical (unpaired) electrons. The molecule has 26 heavy (non-hydrogen) atoms. The van der Waals surface area contributed by atoms with Crippen LogP contribution in [0.3, 0.4) is 0 Å². The van der Waals surface area contributed by atoms with Crippen LogP contribution in [0.5, 0.6) is 17.2 Å². The van der Waals surface area contributed by atoms with Gasteiger partial charge in [0.05, 0.1) is 7.11 Å². The van der Waals surface area contributed by atoms with Crippen LogP contribution >= 0.6 is 0 Å². The molecule has 0 saturated heterocycles. The van der Waals surface area contributed by atoms with E-state index in [4.69, 9.17) is 14.2 Å². The van der Waals surface area contributed by atoms with Crippen molar-refractivity contribution < 1.29 is 19.0 Å². The van der Waals surface area contributed by atoms with Crippen molar-refractivity contribution in [1.29, 1.82) is 0 Å². The van der Waals surface area contributed by atoms with Crippen LogP contribution in [0.1, 0.15) is 17.5 Å². The number of ether oxygens (including phenoxy) is 3. The Labute approximate surface area is 151 Å². The normalized spacial score (nSPS) is 16.6. The van der Waals surface area contributed by atoms with Crippen molar-refractivity contribution in [2.24, 2.45) is 4.99 Å². The van der Waals surface area contributed by atoms with Crippen molar-refractivity contribution >= 4 is 17.8 Å². The minimum Gasteiger partial charge on any atom is -0.496 e. The Morgan fingerprint density at radius 1 is 1.15 bits per heavy atom. The molecule has 0 unspecified atom stereocenters. The number of para-hydroxylation sites is 1. The molecule has 0 fully saturated rings. The van der Waals surface area contributed by atoms with Gasteiger partial charge >= 0.3 is 0 Å². The number of aliphatic imine (C=N–C) groups is 1. The van der Waals surface area contributed by atoms with Gasteiger partial charge in [-0.1, -0.05) is 24.3 Å². The zero-order valence-corrected chi connectivity index (χ0v) is 14.3. The summed E-state index contributed by atoms with van der Waals surface area (Å²) < 4.78 is 16.0. The Hall–Kier alpha value is -3.28. The Kier molecular flexibility index (Phi) is 4.31. The first kappa shape index (κ1) is 16.2. The summed E-state index contributed by atoms with van der Waals surface area (Å²) in [6.07, 6.45) is 3.11. The summed E-state index contributed by atoms with van der Waals surface area (Å²) in [5.74, 6) is 2.70. The number of nitrogens with zero attached hydrogens (tertiary/aromatic N) is 1. The zero-order chi connectivity index (χ0) is 17.9. The lowest BCUT2D eigenvalue weighted by Crippen LogP contribution is -2.24. The number of amides is 1. The van der Waals surface area contributed by atoms with E-state index in [0.717, 1.165) is 23.3 Å². The van der Waals surface area contributed by atoms with Gasteiger partial charge in [0.1, 0.15) is 17.3 Å². The second kappa shape index (κ2) is 6.92. The molecular formula is C20H18N2O4. The van der Waals surface area contributed by atoms with Crippen LogP contribution in [-0.2, 0) is 11.2 Å². The molecule has 4 rings (SSSR count). The van der Waals surface area contributed by atoms with Gasteiger partial charge in [0, 0.05) is 6.42 Å². The van der Waals surface area contributed by atoms with Crippen LogP contribution in [0.15, 0.2) is 53.2 Å². The lowest BCUT2D eigenvalue weighted by Gasteiger charge is -2.07. The van der Waals surface area contributed by atoms with Gasteiger partial charge in [-0.3, -0.25) is 4.79 Å². The molecular weight excluding hydrogens is 332 g/mol. The highest BCUT2D eigenvalue weighted by atomic mass is 16.7. The van der Waals surface area contributed by atoms with Crippen LogP contribution in [0.2, 0.25) is 0 Å². The molecule has 2 aromatic carbocycles. The number of fused-ring (bicyclic) bond motifs is 1. The van der Waals surface area contributed by atoms with Crippen molar-refractivity contribution in [3.8, 4) is 17.2 Å². The van der Waals surface area contributed by atoms with Gasteiger partial charge in [-0.25, -0.2) is 4.99 Å². The summed E-state index contributed by atoms with van der Waals surface area (Å²) in [6, 6.07) is 13.4. The molecule has 0 aromatic heterocycles. The fourth-order valence-electron chi connectivity index (χ4n) is 2.96. The van der Waals surface area contributed by atoms with Crippen LogP contribution in [0.4, 0.5) is 0 Å². The van der Waals surface area contributed by atoms with Gasteiger partial charge in [0.15, 0.2) is 11.5 Å². The third-order valence-corrected chi connectivity index (χ3v) is 4.27. The highest BCUT2D eigenvalue weighted by Crippen LogP contribution is 2.33. The van der Waals surface area contributed by atoms with Crippen LogP contribution in [0.25, 0.3) is 6.08 Å². The fraction of sp³-hybridized carbons (Fsp3) is 0.200.